The maximum absolute atomic E-state index is 14.4. The van der Waals surface area contributed by atoms with Crippen molar-refractivity contribution in [1.29, 1.82) is 0 Å². The fourth-order valence-corrected chi connectivity index (χ4v) is 17.8. The number of aryl methyl sites for hydroxylation is 1. The van der Waals surface area contributed by atoms with Gasteiger partial charge < -0.3 is 27.5 Å². The first-order valence-electron chi connectivity index (χ1n) is 28.2. The van der Waals surface area contributed by atoms with Crippen molar-refractivity contribution in [3.05, 3.63) is 139 Å². The molecule has 0 aliphatic carbocycles. The number of benzene rings is 4. The molecule has 76 heavy (non-hydrogen) atoms. The summed E-state index contributed by atoms with van der Waals surface area (Å²) in [5, 5.41) is 2.27. The lowest BCUT2D eigenvalue weighted by atomic mass is 9.99. The van der Waals surface area contributed by atoms with E-state index in [9.17, 15) is 8.42 Å². The molecule has 5 atom stereocenters. The number of unbranched alkanes of at least 4 members (excludes halogenated alkanes) is 2. The summed E-state index contributed by atoms with van der Waals surface area (Å²) in [6.45, 7) is 35.0. The highest BCUT2D eigenvalue weighted by molar-refractivity contribution is 7.86. The maximum atomic E-state index is 14.4. The van der Waals surface area contributed by atoms with E-state index in [4.69, 9.17) is 31.7 Å². The van der Waals surface area contributed by atoms with E-state index in [2.05, 4.69) is 174 Å². The Kier molecular flexibility index (Phi) is 25.8. The third kappa shape index (κ3) is 19.6. The van der Waals surface area contributed by atoms with Crippen LogP contribution in [-0.2, 0) is 48.4 Å². The quantitative estimate of drug-likeness (QED) is 0.0152. The van der Waals surface area contributed by atoms with Gasteiger partial charge in [0.25, 0.3) is 18.4 Å². The van der Waals surface area contributed by atoms with Gasteiger partial charge in [0.1, 0.15) is 19.0 Å². The van der Waals surface area contributed by atoms with Crippen LogP contribution in [0.3, 0.4) is 0 Å². The molecule has 0 radical (unpaired) electrons. The van der Waals surface area contributed by atoms with Gasteiger partial charge in [-0.1, -0.05) is 203 Å². The van der Waals surface area contributed by atoms with Gasteiger partial charge in [-0.05, 0) is 128 Å². The van der Waals surface area contributed by atoms with Crippen molar-refractivity contribution < 1.29 is 40.1 Å². The number of rotatable bonds is 33. The summed E-state index contributed by atoms with van der Waals surface area (Å²) < 4.78 is 76.0. The van der Waals surface area contributed by atoms with Crippen molar-refractivity contribution in [2.45, 2.75) is 224 Å². The molecule has 0 aromatic heterocycles. The summed E-state index contributed by atoms with van der Waals surface area (Å²) in [4.78, 5) is 0.0975. The van der Waals surface area contributed by atoms with Crippen LogP contribution in [0.15, 0.2) is 132 Å². The predicted molar refractivity (Wildman–Crippen MR) is 324 cm³/mol. The van der Waals surface area contributed by atoms with Gasteiger partial charge >= 0.3 is 0 Å². The van der Waals surface area contributed by atoms with Crippen molar-refractivity contribution in [2.75, 3.05) is 20.5 Å². The highest BCUT2D eigenvalue weighted by Crippen LogP contribution is 2.43. The van der Waals surface area contributed by atoms with Gasteiger partial charge in [0.15, 0.2) is 16.6 Å². The van der Waals surface area contributed by atoms with E-state index < -0.39 is 47.3 Å². The van der Waals surface area contributed by atoms with Gasteiger partial charge in [-0.2, -0.15) is 8.42 Å². The van der Waals surface area contributed by atoms with Crippen molar-refractivity contribution in [3.8, 4) is 0 Å². The predicted octanol–water partition coefficient (Wildman–Crippen LogP) is 15.5. The first kappa shape index (κ1) is 65.5. The van der Waals surface area contributed by atoms with Crippen LogP contribution in [0, 0.1) is 6.92 Å². The largest absolute Gasteiger partial charge is 0.411 e. The van der Waals surface area contributed by atoms with Gasteiger partial charge in [0.05, 0.1) is 23.7 Å². The van der Waals surface area contributed by atoms with E-state index in [1.807, 2.05) is 31.2 Å². The minimum absolute atomic E-state index is 0.0468. The summed E-state index contributed by atoms with van der Waals surface area (Å²) >= 11 is 0. The summed E-state index contributed by atoms with van der Waals surface area (Å²) in [5.41, 5.74) is 2.09. The fraction of sp³-hybridized carbons (Fsp3) is 0.587. The second-order valence-electron chi connectivity index (χ2n) is 24.9. The highest BCUT2D eigenvalue weighted by atomic mass is 32.2. The van der Waals surface area contributed by atoms with Crippen molar-refractivity contribution in [2.24, 2.45) is 0 Å². The molecule has 0 amide bonds. The lowest BCUT2D eigenvalue weighted by molar-refractivity contribution is -0.0905. The number of hydrogen-bond donors (Lipinski definition) is 0. The SMILES string of the molecule is CCCC[C@@H](CCC/C=C/[C@@H](OCOC)[C@H](CC[C@@H](O[Si](C)(C)C(C)(C)C)[C@@H](CCCOCc1ccccc1)O[Si](C)(C)C(C)(C)C)OS(=O)(=O)c1ccc(C)cc1)O[Si](c1ccccc1)(c1ccccc1)C(C)(C)C. The Hall–Kier alpha value is -3.06. The first-order valence-corrected chi connectivity index (χ1v) is 37.3. The molecule has 0 spiro atoms. The molecule has 424 valence electrons. The zero-order valence-electron chi connectivity index (χ0n) is 49.8. The Morgan fingerprint density at radius 3 is 1.58 bits per heavy atom. The van der Waals surface area contributed by atoms with Gasteiger partial charge in [0, 0.05) is 19.8 Å². The standard InChI is InChI=1S/C63H100O9SSi3/c1-17-18-34-53(70-76(63(9,10)11,55-36-26-21-27-37-55)56-38-28-22-29-39-56)35-25-20-30-40-57(68-50-66-12)58(69-73(64,65)54-44-42-51(2)43-45-54)46-47-60(72-75(15,16)62(6,7)8)59(71-74(13,14)61(3,4)5)41-31-48-67-49-52-32-23-19-24-33-52/h19,21-24,26-30,32-33,36-40,42-45,53,57-60H,17-18,20,25,31,34-35,41,46-50H2,1-16H3/b40-30+/t53-,57+,58-,59+,60+/m0/s1. The minimum atomic E-state index is -4.24. The Morgan fingerprint density at radius 2 is 1.08 bits per heavy atom. The maximum Gasteiger partial charge on any atom is 0.297 e. The molecule has 4 aromatic rings. The molecule has 0 heterocycles. The van der Waals surface area contributed by atoms with Gasteiger partial charge in [-0.3, -0.25) is 4.18 Å². The lowest BCUT2D eigenvalue weighted by Gasteiger charge is -2.45. The molecule has 0 saturated heterocycles. The topological polar surface area (TPSA) is 98.8 Å². The highest BCUT2D eigenvalue weighted by Gasteiger charge is 2.51. The fourth-order valence-electron chi connectivity index (χ4n) is 9.18. The third-order valence-corrected chi connectivity index (χ3v) is 31.2. The Bertz CT molecular complexity index is 2340. The lowest BCUT2D eigenvalue weighted by Crippen LogP contribution is -2.67. The Labute approximate surface area is 465 Å². The molecule has 0 fully saturated rings. The van der Waals surface area contributed by atoms with E-state index >= 15 is 0 Å². The average Bonchev–Trinajstić information content (AvgIpc) is 3.35. The van der Waals surface area contributed by atoms with Gasteiger partial charge in [0.2, 0.25) is 0 Å². The molecular formula is C63H100O9SSi3. The van der Waals surface area contributed by atoms with E-state index in [0.717, 1.165) is 62.5 Å². The molecule has 0 bridgehead atoms. The van der Waals surface area contributed by atoms with E-state index in [0.29, 0.717) is 26.1 Å². The monoisotopic (exact) mass is 1120 g/mol. The van der Waals surface area contributed by atoms with Gasteiger partial charge in [-0.25, -0.2) is 0 Å². The average molecular weight is 1120 g/mol. The summed E-state index contributed by atoms with van der Waals surface area (Å²) in [7, 11) is -10.2. The number of allylic oxidation sites excluding steroid dienone is 1. The van der Waals surface area contributed by atoms with Crippen LogP contribution >= 0.6 is 0 Å². The van der Waals surface area contributed by atoms with E-state index in [-0.39, 0.29) is 45.1 Å². The molecule has 9 nitrogen and oxygen atoms in total. The molecular weight excluding hydrogens is 1020 g/mol. The Balaban J connectivity index is 1.71. The van der Waals surface area contributed by atoms with E-state index in [1.165, 1.54) is 10.4 Å². The van der Waals surface area contributed by atoms with Crippen LogP contribution in [-0.4, -0.2) is 84.4 Å². The molecule has 13 heteroatoms. The normalized spacial score (nSPS) is 15.4. The zero-order chi connectivity index (χ0) is 56.3. The molecule has 0 unspecified atom stereocenters. The molecule has 4 rings (SSSR count). The van der Waals surface area contributed by atoms with Crippen molar-refractivity contribution >= 4 is 45.4 Å². The van der Waals surface area contributed by atoms with Crippen LogP contribution in [0.4, 0.5) is 0 Å². The summed E-state index contributed by atoms with van der Waals surface area (Å²) in [5.74, 6) is 0. The van der Waals surface area contributed by atoms with Crippen LogP contribution < -0.4 is 10.4 Å². The molecule has 0 saturated carbocycles. The number of hydrogen-bond acceptors (Lipinski definition) is 9. The number of methoxy groups -OCH3 is 1. The molecule has 4 aromatic carbocycles. The first-order chi connectivity index (χ1) is 35.7. The summed E-state index contributed by atoms with van der Waals surface area (Å²) in [6.07, 6.45) is 9.74. The Morgan fingerprint density at radius 1 is 0.579 bits per heavy atom. The minimum Gasteiger partial charge on any atom is -0.411 e. The van der Waals surface area contributed by atoms with Crippen LogP contribution in [0.2, 0.25) is 41.3 Å². The molecule has 0 aliphatic rings. The third-order valence-electron chi connectivity index (χ3n) is 15.7. The van der Waals surface area contributed by atoms with Crippen LogP contribution in [0.1, 0.15) is 145 Å². The number of ether oxygens (including phenoxy) is 3. The smallest absolute Gasteiger partial charge is 0.297 e. The van der Waals surface area contributed by atoms with Gasteiger partial charge in [-0.15, -0.1) is 0 Å². The summed E-state index contributed by atoms with van der Waals surface area (Å²) in [6, 6.07) is 38.8. The molecule has 0 aliphatic heterocycles. The second-order valence-corrected chi connectivity index (χ2v) is 40.3. The van der Waals surface area contributed by atoms with Crippen molar-refractivity contribution in [3.63, 3.8) is 0 Å². The molecule has 0 N–H and O–H groups in total. The van der Waals surface area contributed by atoms with Crippen LogP contribution in [0.25, 0.3) is 0 Å². The van der Waals surface area contributed by atoms with Crippen LogP contribution in [0.5, 0.6) is 0 Å². The zero-order valence-corrected chi connectivity index (χ0v) is 53.6. The van der Waals surface area contributed by atoms with E-state index in [1.54, 1.807) is 31.4 Å². The second kappa shape index (κ2) is 30.0. The van der Waals surface area contributed by atoms with Crippen molar-refractivity contribution in [1.82, 2.24) is 0 Å².